The molecular weight excluding hydrogens is 476 g/mol. The fraction of sp³-hybridized carbons (Fsp3) is 0.167. The summed E-state index contributed by atoms with van der Waals surface area (Å²) in [5.74, 6) is -0.472. The normalized spacial score (nSPS) is 16.2. The maximum absolute atomic E-state index is 13.2. The van der Waals surface area contributed by atoms with Crippen LogP contribution < -0.4 is 10.2 Å². The van der Waals surface area contributed by atoms with Crippen molar-refractivity contribution >= 4 is 44.6 Å². The van der Waals surface area contributed by atoms with Crippen molar-refractivity contribution < 1.29 is 14.1 Å². The van der Waals surface area contributed by atoms with Gasteiger partial charge < -0.3 is 14.8 Å². The number of carbonyl (C=O) groups excluding carboxylic acids is 2. The Morgan fingerprint density at radius 1 is 1.10 bits per heavy atom. The Morgan fingerprint density at radius 3 is 2.52 bits per heavy atom. The van der Waals surface area contributed by atoms with E-state index >= 15 is 0 Å². The molecule has 1 N–H and O–H groups in total. The molecule has 0 aliphatic carbocycles. The van der Waals surface area contributed by atoms with Gasteiger partial charge in [-0.2, -0.15) is 0 Å². The van der Waals surface area contributed by atoms with Crippen LogP contribution in [-0.2, 0) is 11.2 Å². The highest BCUT2D eigenvalue weighted by molar-refractivity contribution is 9.10. The molecule has 3 aromatic rings. The molecule has 0 spiro atoms. The Morgan fingerprint density at radius 2 is 1.81 bits per heavy atom. The SMILES string of the molecule is CCN1C(=O)c2ccccc2[S@@+]([O-])c2ccc(C(=O)NC(C)c3ccc(Br)cc3)cc21. The Hall–Kier alpha value is -2.61. The lowest BCUT2D eigenvalue weighted by Crippen LogP contribution is -2.31. The predicted octanol–water partition coefficient (Wildman–Crippen LogP) is 5.09. The average molecular weight is 497 g/mol. The highest BCUT2D eigenvalue weighted by Gasteiger charge is 2.35. The van der Waals surface area contributed by atoms with Crippen LogP contribution in [-0.4, -0.2) is 22.9 Å². The van der Waals surface area contributed by atoms with Crippen LogP contribution in [0.4, 0.5) is 5.69 Å². The van der Waals surface area contributed by atoms with E-state index in [1.807, 2.05) is 38.1 Å². The lowest BCUT2D eigenvalue weighted by atomic mass is 10.1. The molecule has 1 heterocycles. The minimum atomic E-state index is -1.51. The van der Waals surface area contributed by atoms with Crippen molar-refractivity contribution in [3.63, 3.8) is 0 Å². The van der Waals surface area contributed by atoms with Gasteiger partial charge in [0.1, 0.15) is 5.69 Å². The lowest BCUT2D eigenvalue weighted by Gasteiger charge is -2.21. The van der Waals surface area contributed by atoms with E-state index in [2.05, 4.69) is 21.2 Å². The average Bonchev–Trinajstić information content (AvgIpc) is 2.87. The van der Waals surface area contributed by atoms with Gasteiger partial charge in [-0.05, 0) is 61.9 Å². The minimum Gasteiger partial charge on any atom is -0.606 e. The molecule has 0 aromatic heterocycles. The molecule has 5 nitrogen and oxygen atoms in total. The van der Waals surface area contributed by atoms with Gasteiger partial charge >= 0.3 is 0 Å². The molecule has 0 bridgehead atoms. The second-order valence-electron chi connectivity index (χ2n) is 7.24. The zero-order chi connectivity index (χ0) is 22.1. The second-order valence-corrected chi connectivity index (χ2v) is 9.58. The van der Waals surface area contributed by atoms with Crippen molar-refractivity contribution in [3.05, 3.63) is 87.9 Å². The molecule has 3 aromatic carbocycles. The Labute approximate surface area is 192 Å². The fourth-order valence-corrected chi connectivity index (χ4v) is 5.24. The first-order valence-electron chi connectivity index (χ1n) is 9.93. The van der Waals surface area contributed by atoms with E-state index in [0.717, 1.165) is 10.0 Å². The van der Waals surface area contributed by atoms with Crippen molar-refractivity contribution in [2.75, 3.05) is 11.4 Å². The van der Waals surface area contributed by atoms with Gasteiger partial charge in [0, 0.05) is 27.8 Å². The van der Waals surface area contributed by atoms with Gasteiger partial charge in [0.05, 0.1) is 11.6 Å². The maximum Gasteiger partial charge on any atom is 0.263 e. The van der Waals surface area contributed by atoms with Crippen molar-refractivity contribution in [2.24, 2.45) is 0 Å². The van der Waals surface area contributed by atoms with Crippen LogP contribution in [0.3, 0.4) is 0 Å². The van der Waals surface area contributed by atoms with Crippen molar-refractivity contribution in [1.82, 2.24) is 5.32 Å². The smallest absolute Gasteiger partial charge is 0.263 e. The monoisotopic (exact) mass is 496 g/mol. The molecule has 2 atom stereocenters. The quantitative estimate of drug-likeness (QED) is 0.511. The summed E-state index contributed by atoms with van der Waals surface area (Å²) in [6.07, 6.45) is 0. The second kappa shape index (κ2) is 8.86. The topological polar surface area (TPSA) is 72.5 Å². The zero-order valence-corrected chi connectivity index (χ0v) is 19.5. The van der Waals surface area contributed by atoms with Gasteiger partial charge in [-0.1, -0.05) is 40.2 Å². The molecule has 7 heteroatoms. The van der Waals surface area contributed by atoms with Crippen LogP contribution >= 0.6 is 15.9 Å². The maximum atomic E-state index is 13.2. The number of amides is 2. The summed E-state index contributed by atoms with van der Waals surface area (Å²) in [4.78, 5) is 28.7. The molecule has 1 unspecified atom stereocenters. The van der Waals surface area contributed by atoms with Crippen LogP contribution in [0.2, 0.25) is 0 Å². The Kier molecular flexibility index (Phi) is 6.18. The minimum absolute atomic E-state index is 0.193. The van der Waals surface area contributed by atoms with Crippen molar-refractivity contribution in [1.29, 1.82) is 0 Å². The molecule has 0 saturated carbocycles. The van der Waals surface area contributed by atoms with Crippen molar-refractivity contribution in [3.8, 4) is 0 Å². The number of rotatable bonds is 4. The van der Waals surface area contributed by atoms with Gasteiger partial charge in [0.25, 0.3) is 11.8 Å². The summed E-state index contributed by atoms with van der Waals surface area (Å²) in [6, 6.07) is 19.5. The van der Waals surface area contributed by atoms with E-state index in [4.69, 9.17) is 0 Å². The third-order valence-corrected chi connectivity index (χ3v) is 7.34. The van der Waals surface area contributed by atoms with Gasteiger partial charge in [-0.3, -0.25) is 9.59 Å². The molecule has 4 rings (SSSR count). The number of benzene rings is 3. The van der Waals surface area contributed by atoms with E-state index in [0.29, 0.717) is 33.2 Å². The summed E-state index contributed by atoms with van der Waals surface area (Å²) in [6.45, 7) is 4.18. The van der Waals surface area contributed by atoms with Gasteiger partial charge in [-0.15, -0.1) is 0 Å². The molecule has 1 aliphatic heterocycles. The molecule has 2 amide bonds. The van der Waals surface area contributed by atoms with Crippen LogP contribution in [0.15, 0.2) is 81.0 Å². The van der Waals surface area contributed by atoms with Gasteiger partial charge in [-0.25, -0.2) is 0 Å². The number of carbonyl (C=O) groups is 2. The van der Waals surface area contributed by atoms with Crippen LogP contribution in [0, 0.1) is 0 Å². The molecule has 0 fully saturated rings. The molecular formula is C24H21BrN2O3S. The molecule has 0 radical (unpaired) electrons. The molecule has 158 valence electrons. The first-order valence-corrected chi connectivity index (χ1v) is 11.9. The number of anilines is 1. The first-order chi connectivity index (χ1) is 14.9. The lowest BCUT2D eigenvalue weighted by molar-refractivity contribution is 0.0937. The number of hydrogen-bond acceptors (Lipinski definition) is 3. The fourth-order valence-electron chi connectivity index (χ4n) is 3.63. The molecule has 1 aliphatic rings. The largest absolute Gasteiger partial charge is 0.606 e. The number of fused-ring (bicyclic) bond motifs is 2. The van der Waals surface area contributed by atoms with E-state index in [-0.39, 0.29) is 17.9 Å². The summed E-state index contributed by atoms with van der Waals surface area (Å²) in [7, 11) is 0. The van der Waals surface area contributed by atoms with Crippen molar-refractivity contribution in [2.45, 2.75) is 29.7 Å². The third kappa shape index (κ3) is 4.13. The summed E-state index contributed by atoms with van der Waals surface area (Å²) in [5, 5.41) is 2.99. The standard InChI is InChI=1S/C24H21BrN2O3S/c1-3-27-20-14-17(23(28)26-15(2)16-8-11-18(25)12-9-16)10-13-22(20)31(30)21-7-5-4-6-19(21)24(27)29/h4-15H,3H2,1-2H3,(H,26,28)/t15?,31-/m1/s1. The highest BCUT2D eigenvalue weighted by Crippen LogP contribution is 2.37. The third-order valence-electron chi connectivity index (χ3n) is 5.31. The molecule has 31 heavy (non-hydrogen) atoms. The number of nitrogens with one attached hydrogen (secondary N) is 1. The number of nitrogens with zero attached hydrogens (tertiary/aromatic N) is 1. The summed E-state index contributed by atoms with van der Waals surface area (Å²) >= 11 is 1.90. The first kappa shape index (κ1) is 21.6. The Bertz CT molecular complexity index is 1150. The Balaban J connectivity index is 1.67. The predicted molar refractivity (Wildman–Crippen MR) is 125 cm³/mol. The van der Waals surface area contributed by atoms with Crippen LogP contribution in [0.5, 0.6) is 0 Å². The van der Waals surface area contributed by atoms with E-state index in [1.54, 1.807) is 47.4 Å². The number of hydrogen-bond donors (Lipinski definition) is 1. The number of halogens is 1. The summed E-state index contributed by atoms with van der Waals surface area (Å²) in [5.41, 5.74) is 2.32. The van der Waals surface area contributed by atoms with E-state index < -0.39 is 11.2 Å². The van der Waals surface area contributed by atoms with E-state index in [9.17, 15) is 14.1 Å². The van der Waals surface area contributed by atoms with Gasteiger partial charge in [0.15, 0.2) is 9.79 Å². The van der Waals surface area contributed by atoms with Crippen LogP contribution in [0.25, 0.3) is 0 Å². The van der Waals surface area contributed by atoms with Crippen LogP contribution in [0.1, 0.15) is 46.2 Å². The molecule has 0 saturated heterocycles. The van der Waals surface area contributed by atoms with E-state index in [1.165, 1.54) is 0 Å². The van der Waals surface area contributed by atoms with Gasteiger partial charge in [0.2, 0.25) is 0 Å². The highest BCUT2D eigenvalue weighted by atomic mass is 79.9. The zero-order valence-electron chi connectivity index (χ0n) is 17.1. The summed E-state index contributed by atoms with van der Waals surface area (Å²) < 4.78 is 14.2.